The topological polar surface area (TPSA) is 29.3 Å². The smallest absolute Gasteiger partial charge is 0.0165 e. The van der Waals surface area contributed by atoms with Gasteiger partial charge in [-0.05, 0) is 24.8 Å². The lowest BCUT2D eigenvalue weighted by Crippen LogP contribution is -2.47. The lowest BCUT2D eigenvalue weighted by molar-refractivity contribution is 0.0814. The van der Waals surface area contributed by atoms with Gasteiger partial charge in [0.2, 0.25) is 0 Å². The van der Waals surface area contributed by atoms with Crippen LogP contribution in [0.1, 0.15) is 19.3 Å². The molecule has 4 heteroatoms. The predicted molar refractivity (Wildman–Crippen MR) is 66.7 cm³/mol. The van der Waals surface area contributed by atoms with Crippen LogP contribution in [0.3, 0.4) is 0 Å². The predicted octanol–water partition coefficient (Wildman–Crippen LogP) is 1.81. The van der Waals surface area contributed by atoms with Crippen molar-refractivity contribution in [3.05, 3.63) is 0 Å². The van der Waals surface area contributed by atoms with Crippen LogP contribution in [0, 0.1) is 5.41 Å². The van der Waals surface area contributed by atoms with Crippen molar-refractivity contribution in [3.8, 4) is 0 Å². The highest BCUT2D eigenvalue weighted by Crippen LogP contribution is 2.41. The van der Waals surface area contributed by atoms with Crippen molar-refractivity contribution in [2.75, 3.05) is 37.7 Å². The van der Waals surface area contributed by atoms with Crippen LogP contribution in [-0.4, -0.2) is 42.6 Å². The summed E-state index contributed by atoms with van der Waals surface area (Å²) >= 11 is 0. The lowest BCUT2D eigenvalue weighted by atomic mass is 9.68. The first kappa shape index (κ1) is 11.1. The molecular weight excluding hydrogens is 212 g/mol. The molecule has 0 aromatic carbocycles. The highest BCUT2D eigenvalue weighted by Gasteiger charge is 2.37. The molecule has 1 heterocycles. The van der Waals surface area contributed by atoms with Crippen LogP contribution >= 0.6 is 21.6 Å². The fourth-order valence-corrected chi connectivity index (χ4v) is 4.35. The summed E-state index contributed by atoms with van der Waals surface area (Å²) in [5, 5.41) is 0. The average Bonchev–Trinajstić information content (AvgIpc) is 2.39. The Morgan fingerprint density at radius 3 is 2.21 bits per heavy atom. The van der Waals surface area contributed by atoms with Crippen LogP contribution in [0.2, 0.25) is 0 Å². The summed E-state index contributed by atoms with van der Waals surface area (Å²) in [6, 6.07) is 0. The van der Waals surface area contributed by atoms with Crippen molar-refractivity contribution in [1.82, 2.24) is 4.90 Å². The Morgan fingerprint density at radius 2 is 1.79 bits per heavy atom. The van der Waals surface area contributed by atoms with Crippen LogP contribution in [-0.2, 0) is 0 Å². The van der Waals surface area contributed by atoms with Crippen LogP contribution in [0.5, 0.6) is 0 Å². The van der Waals surface area contributed by atoms with E-state index in [0.29, 0.717) is 5.41 Å². The molecule has 0 radical (unpaired) electrons. The molecule has 82 valence electrons. The molecule has 2 aliphatic rings. The third-order valence-electron chi connectivity index (χ3n) is 3.47. The zero-order valence-electron chi connectivity index (χ0n) is 8.71. The van der Waals surface area contributed by atoms with Gasteiger partial charge in [0.05, 0.1) is 0 Å². The van der Waals surface area contributed by atoms with Gasteiger partial charge in [-0.25, -0.2) is 0 Å². The first-order chi connectivity index (χ1) is 6.85. The van der Waals surface area contributed by atoms with Crippen molar-refractivity contribution in [3.63, 3.8) is 0 Å². The van der Waals surface area contributed by atoms with Crippen LogP contribution in [0.25, 0.3) is 0 Å². The maximum Gasteiger partial charge on any atom is 0.0165 e. The van der Waals surface area contributed by atoms with Crippen LogP contribution in [0.4, 0.5) is 0 Å². The monoisotopic (exact) mass is 232 g/mol. The molecule has 0 aromatic heterocycles. The van der Waals surface area contributed by atoms with E-state index >= 15 is 0 Å². The summed E-state index contributed by atoms with van der Waals surface area (Å²) in [7, 11) is 4.04. The minimum Gasteiger partial charge on any atom is -0.330 e. The van der Waals surface area contributed by atoms with Gasteiger partial charge in [-0.15, -0.1) is 0 Å². The molecule has 0 amide bonds. The Bertz CT molecular complexity index is 169. The molecular formula is C10H20N2S2. The van der Waals surface area contributed by atoms with Gasteiger partial charge >= 0.3 is 0 Å². The molecule has 1 saturated heterocycles. The molecule has 1 aliphatic heterocycles. The Hall–Kier alpha value is 0.620. The highest BCUT2D eigenvalue weighted by molar-refractivity contribution is 8.76. The first-order valence-corrected chi connectivity index (χ1v) is 8.00. The van der Waals surface area contributed by atoms with E-state index in [9.17, 15) is 0 Å². The van der Waals surface area contributed by atoms with Crippen LogP contribution < -0.4 is 5.73 Å². The van der Waals surface area contributed by atoms with Gasteiger partial charge < -0.3 is 10.6 Å². The fraction of sp³-hybridized carbons (Fsp3) is 1.00. The summed E-state index contributed by atoms with van der Waals surface area (Å²) in [6.45, 7) is 4.67. The molecule has 1 aliphatic carbocycles. The van der Waals surface area contributed by atoms with Crippen LogP contribution in [0.15, 0.2) is 0 Å². The Morgan fingerprint density at radius 1 is 1.14 bits per heavy atom. The summed E-state index contributed by atoms with van der Waals surface area (Å²) < 4.78 is 0. The van der Waals surface area contributed by atoms with Gasteiger partial charge in [-0.3, -0.25) is 0 Å². The van der Waals surface area contributed by atoms with Gasteiger partial charge in [0.1, 0.15) is 0 Å². The number of nitrogens with zero attached hydrogens (tertiary/aromatic N) is 1. The molecule has 2 rings (SSSR count). The van der Waals surface area contributed by atoms with E-state index < -0.39 is 0 Å². The van der Waals surface area contributed by atoms with Gasteiger partial charge in [-0.1, -0.05) is 28.0 Å². The Balaban J connectivity index is 1.82. The van der Waals surface area contributed by atoms with Gasteiger partial charge in [0.15, 0.2) is 0 Å². The molecule has 1 saturated carbocycles. The number of nitrogens with two attached hydrogens (primary N) is 1. The zero-order valence-corrected chi connectivity index (χ0v) is 10.3. The number of rotatable bonds is 3. The van der Waals surface area contributed by atoms with E-state index in [-0.39, 0.29) is 0 Å². The molecule has 2 fully saturated rings. The molecule has 2 nitrogen and oxygen atoms in total. The molecule has 0 unspecified atom stereocenters. The summed E-state index contributed by atoms with van der Waals surface area (Å²) in [5.74, 6) is 2.57. The second-order valence-corrected chi connectivity index (χ2v) is 7.18. The molecule has 0 aromatic rings. The van der Waals surface area contributed by atoms with Crippen molar-refractivity contribution in [2.24, 2.45) is 11.1 Å². The normalized spacial score (nSPS) is 28.1. The average molecular weight is 232 g/mol. The minimum absolute atomic E-state index is 0.500. The second kappa shape index (κ2) is 5.10. The van der Waals surface area contributed by atoms with E-state index in [2.05, 4.69) is 4.90 Å². The van der Waals surface area contributed by atoms with E-state index in [1.54, 1.807) is 0 Å². The standard InChI is InChI=1S/C10H20N2S2/c11-8-10(2-1-3-10)9-12-4-6-13-14-7-5-12/h1-9,11H2. The molecule has 0 bridgehead atoms. The molecule has 0 spiro atoms. The third kappa shape index (κ3) is 2.60. The number of hydrogen-bond donors (Lipinski definition) is 1. The summed E-state index contributed by atoms with van der Waals surface area (Å²) in [4.78, 5) is 2.62. The van der Waals surface area contributed by atoms with Gasteiger partial charge in [0, 0.05) is 31.1 Å². The molecule has 14 heavy (non-hydrogen) atoms. The van der Waals surface area contributed by atoms with Crippen molar-refractivity contribution < 1.29 is 0 Å². The zero-order chi connectivity index (χ0) is 9.86. The Labute approximate surface area is 94.8 Å². The SMILES string of the molecule is NCC1(CN2CCSSCC2)CCC1. The van der Waals surface area contributed by atoms with Gasteiger partial charge in [-0.2, -0.15) is 0 Å². The van der Waals surface area contributed by atoms with Crippen molar-refractivity contribution in [1.29, 1.82) is 0 Å². The van der Waals surface area contributed by atoms with Crippen molar-refractivity contribution in [2.45, 2.75) is 19.3 Å². The van der Waals surface area contributed by atoms with E-state index in [0.717, 1.165) is 6.54 Å². The third-order valence-corrected chi connectivity index (χ3v) is 5.84. The fourth-order valence-electron chi connectivity index (χ4n) is 2.30. The summed E-state index contributed by atoms with van der Waals surface area (Å²) in [6.07, 6.45) is 4.12. The largest absolute Gasteiger partial charge is 0.330 e. The van der Waals surface area contributed by atoms with Crippen molar-refractivity contribution >= 4 is 21.6 Å². The summed E-state index contributed by atoms with van der Waals surface area (Å²) in [5.41, 5.74) is 6.39. The molecule has 0 atom stereocenters. The highest BCUT2D eigenvalue weighted by atomic mass is 33.1. The lowest BCUT2D eigenvalue weighted by Gasteiger charge is -2.44. The van der Waals surface area contributed by atoms with E-state index in [1.807, 2.05) is 21.6 Å². The Kier molecular flexibility index (Phi) is 4.05. The first-order valence-electron chi connectivity index (χ1n) is 5.52. The maximum atomic E-state index is 5.89. The molecule has 2 N–H and O–H groups in total. The van der Waals surface area contributed by atoms with E-state index in [1.165, 1.54) is 50.4 Å². The number of hydrogen-bond acceptors (Lipinski definition) is 4. The van der Waals surface area contributed by atoms with Gasteiger partial charge in [0.25, 0.3) is 0 Å². The quantitative estimate of drug-likeness (QED) is 0.752. The minimum atomic E-state index is 0.500. The second-order valence-electron chi connectivity index (χ2n) is 4.48. The maximum absolute atomic E-state index is 5.89. The van der Waals surface area contributed by atoms with E-state index in [4.69, 9.17) is 5.73 Å².